The van der Waals surface area contributed by atoms with Crippen molar-refractivity contribution < 1.29 is 19.9 Å². The number of aliphatic hydroxyl groups is 2. The van der Waals surface area contributed by atoms with E-state index in [1.54, 1.807) is 0 Å². The zero-order valence-electron chi connectivity index (χ0n) is 10.7. The van der Waals surface area contributed by atoms with E-state index in [9.17, 15) is 20.3 Å². The molecule has 0 aromatic carbocycles. The molecule has 1 heterocycles. The molecule has 0 spiro atoms. The summed E-state index contributed by atoms with van der Waals surface area (Å²) in [5, 5.41) is 29.8. The van der Waals surface area contributed by atoms with Crippen LogP contribution >= 0.6 is 0 Å². The fraction of sp³-hybridized carbons (Fsp3) is 1.00. The molecule has 6 N–H and O–H groups in total. The second kappa shape index (κ2) is 7.68. The van der Waals surface area contributed by atoms with Crippen LogP contribution < -0.4 is 11.5 Å². The van der Waals surface area contributed by atoms with Gasteiger partial charge in [-0.15, -0.1) is 0 Å². The number of nitro groups is 1. The Labute approximate surface area is 111 Å². The maximum Gasteiger partial charge on any atom is 0.246 e. The summed E-state index contributed by atoms with van der Waals surface area (Å²) in [6.07, 6.45) is -3.50. The lowest BCUT2D eigenvalue weighted by atomic mass is 10.00. The van der Waals surface area contributed by atoms with Crippen molar-refractivity contribution in [1.82, 2.24) is 4.90 Å². The largest absolute Gasteiger partial charge is 0.381 e. The number of nitrogens with two attached hydrogens (primary N) is 2. The molecule has 0 amide bonds. The van der Waals surface area contributed by atoms with Gasteiger partial charge in [0.1, 0.15) is 0 Å². The average molecular weight is 278 g/mol. The van der Waals surface area contributed by atoms with Gasteiger partial charge in [-0.05, 0) is 0 Å². The molecule has 0 radical (unpaired) electrons. The highest BCUT2D eigenvalue weighted by Crippen LogP contribution is 2.21. The molecule has 19 heavy (non-hydrogen) atoms. The van der Waals surface area contributed by atoms with Crippen LogP contribution in [-0.4, -0.2) is 77.3 Å². The highest BCUT2D eigenvalue weighted by molar-refractivity contribution is 4.83. The molecular weight excluding hydrogens is 256 g/mol. The zero-order valence-corrected chi connectivity index (χ0v) is 10.7. The van der Waals surface area contributed by atoms with Crippen LogP contribution in [0, 0.1) is 10.1 Å². The average Bonchev–Trinajstić information content (AvgIpc) is 2.33. The van der Waals surface area contributed by atoms with Gasteiger partial charge in [0.25, 0.3) is 0 Å². The Balaban J connectivity index is 2.59. The van der Waals surface area contributed by atoms with Gasteiger partial charge < -0.3 is 26.4 Å². The predicted molar refractivity (Wildman–Crippen MR) is 66.8 cm³/mol. The van der Waals surface area contributed by atoms with Crippen molar-refractivity contribution in [3.63, 3.8) is 0 Å². The lowest BCUT2D eigenvalue weighted by Gasteiger charge is -2.35. The third kappa shape index (κ3) is 4.64. The van der Waals surface area contributed by atoms with Crippen LogP contribution in [0.1, 0.15) is 6.42 Å². The normalized spacial score (nSPS) is 31.6. The van der Waals surface area contributed by atoms with Crippen molar-refractivity contribution in [2.45, 2.75) is 31.0 Å². The van der Waals surface area contributed by atoms with Gasteiger partial charge in [-0.25, -0.2) is 0 Å². The summed E-state index contributed by atoms with van der Waals surface area (Å²) in [4.78, 5) is 12.2. The van der Waals surface area contributed by atoms with Gasteiger partial charge in [-0.1, -0.05) is 0 Å². The van der Waals surface area contributed by atoms with Crippen molar-refractivity contribution in [2.24, 2.45) is 11.5 Å². The molecule has 112 valence electrons. The lowest BCUT2D eigenvalue weighted by molar-refractivity contribution is -0.551. The quantitative estimate of drug-likeness (QED) is 0.291. The summed E-state index contributed by atoms with van der Waals surface area (Å²) in [6.45, 7) is 2.47. The molecular formula is C10H22N4O5. The first kappa shape index (κ1) is 16.2. The van der Waals surface area contributed by atoms with Crippen molar-refractivity contribution in [2.75, 3.05) is 32.7 Å². The smallest absolute Gasteiger partial charge is 0.246 e. The van der Waals surface area contributed by atoms with Crippen LogP contribution in [0.15, 0.2) is 0 Å². The van der Waals surface area contributed by atoms with Gasteiger partial charge in [0.2, 0.25) is 6.04 Å². The van der Waals surface area contributed by atoms with Crippen molar-refractivity contribution >= 4 is 0 Å². The summed E-state index contributed by atoms with van der Waals surface area (Å²) in [6, 6.07) is -1.22. The van der Waals surface area contributed by atoms with E-state index in [0.717, 1.165) is 0 Å². The van der Waals surface area contributed by atoms with E-state index in [0.29, 0.717) is 32.7 Å². The monoisotopic (exact) mass is 278 g/mol. The van der Waals surface area contributed by atoms with E-state index in [4.69, 9.17) is 16.2 Å². The van der Waals surface area contributed by atoms with Crippen LogP contribution in [0.5, 0.6) is 0 Å². The first-order valence-corrected chi connectivity index (χ1v) is 6.27. The molecule has 0 aromatic heterocycles. The van der Waals surface area contributed by atoms with E-state index in [-0.39, 0.29) is 6.42 Å². The van der Waals surface area contributed by atoms with Gasteiger partial charge in [0.15, 0.2) is 12.4 Å². The number of hydrogen-bond donors (Lipinski definition) is 4. The SMILES string of the molecule is NCCN(CCN)CC1CC([N+](=O)[O-])C(O)[C@H](O)O1. The van der Waals surface area contributed by atoms with Crippen LogP contribution in [0.3, 0.4) is 0 Å². The highest BCUT2D eigenvalue weighted by atomic mass is 16.6. The number of nitrogens with zero attached hydrogens (tertiary/aromatic N) is 2. The summed E-state index contributed by atoms with van der Waals surface area (Å²) in [7, 11) is 0. The first-order valence-electron chi connectivity index (χ1n) is 6.27. The minimum Gasteiger partial charge on any atom is -0.381 e. The molecule has 0 saturated carbocycles. The van der Waals surface area contributed by atoms with Crippen LogP contribution in [0.25, 0.3) is 0 Å². The highest BCUT2D eigenvalue weighted by Gasteiger charge is 2.44. The number of hydrogen-bond acceptors (Lipinski definition) is 8. The molecule has 0 bridgehead atoms. The first-order chi connectivity index (χ1) is 8.99. The standard InChI is InChI=1S/C10H22N4O5/c11-1-3-13(4-2-12)6-7-5-8(14(17)18)9(15)10(16)19-7/h7-10,15-16H,1-6,11-12H2/t7?,8?,9?,10-/m1/s1. The summed E-state index contributed by atoms with van der Waals surface area (Å²) in [5.41, 5.74) is 10.9. The van der Waals surface area contributed by atoms with Gasteiger partial charge in [0, 0.05) is 44.1 Å². The molecule has 9 heteroatoms. The maximum atomic E-state index is 10.8. The van der Waals surface area contributed by atoms with E-state index < -0.39 is 29.5 Å². The minimum absolute atomic E-state index is 0.0524. The van der Waals surface area contributed by atoms with Gasteiger partial charge in [-0.3, -0.25) is 15.0 Å². The second-order valence-electron chi connectivity index (χ2n) is 4.61. The Morgan fingerprint density at radius 3 is 2.37 bits per heavy atom. The maximum absolute atomic E-state index is 10.8. The third-order valence-corrected chi connectivity index (χ3v) is 3.15. The molecule has 1 saturated heterocycles. The van der Waals surface area contributed by atoms with E-state index in [2.05, 4.69) is 0 Å². The summed E-state index contributed by atoms with van der Waals surface area (Å²) >= 11 is 0. The van der Waals surface area contributed by atoms with Gasteiger partial charge in [-0.2, -0.15) is 0 Å². The fourth-order valence-electron chi connectivity index (χ4n) is 2.21. The van der Waals surface area contributed by atoms with Crippen molar-refractivity contribution in [3.05, 3.63) is 10.1 Å². The Kier molecular flexibility index (Phi) is 6.55. The lowest BCUT2D eigenvalue weighted by Crippen LogP contribution is -2.54. The van der Waals surface area contributed by atoms with Crippen molar-refractivity contribution in [1.29, 1.82) is 0 Å². The molecule has 1 rings (SSSR count). The molecule has 4 atom stereocenters. The van der Waals surface area contributed by atoms with E-state index in [1.165, 1.54) is 0 Å². The Hall–Kier alpha value is -0.840. The third-order valence-electron chi connectivity index (χ3n) is 3.15. The molecule has 1 fully saturated rings. The van der Waals surface area contributed by atoms with Crippen LogP contribution in [0.4, 0.5) is 0 Å². The van der Waals surface area contributed by atoms with Crippen LogP contribution in [0.2, 0.25) is 0 Å². The topological polar surface area (TPSA) is 148 Å². The molecule has 1 aliphatic rings. The van der Waals surface area contributed by atoms with E-state index >= 15 is 0 Å². The molecule has 9 nitrogen and oxygen atoms in total. The second-order valence-corrected chi connectivity index (χ2v) is 4.61. The summed E-state index contributed by atoms with van der Waals surface area (Å²) in [5.74, 6) is 0. The van der Waals surface area contributed by atoms with Crippen LogP contribution in [-0.2, 0) is 4.74 Å². The molecule has 3 unspecified atom stereocenters. The van der Waals surface area contributed by atoms with Gasteiger partial charge in [0.05, 0.1) is 6.10 Å². The Morgan fingerprint density at radius 2 is 1.89 bits per heavy atom. The van der Waals surface area contributed by atoms with E-state index in [1.807, 2.05) is 4.90 Å². The minimum atomic E-state index is -1.54. The molecule has 0 aromatic rings. The predicted octanol–water partition coefficient (Wildman–Crippen LogP) is -2.68. The number of aliphatic hydroxyl groups excluding tert-OH is 2. The number of ether oxygens (including phenoxy) is 1. The summed E-state index contributed by atoms with van der Waals surface area (Å²) < 4.78 is 5.18. The number of rotatable bonds is 7. The molecule has 0 aliphatic carbocycles. The Morgan fingerprint density at radius 1 is 1.32 bits per heavy atom. The molecule has 1 aliphatic heterocycles. The fourth-order valence-corrected chi connectivity index (χ4v) is 2.21. The zero-order chi connectivity index (χ0) is 14.4. The van der Waals surface area contributed by atoms with Crippen molar-refractivity contribution in [3.8, 4) is 0 Å². The van der Waals surface area contributed by atoms with Gasteiger partial charge >= 0.3 is 0 Å². The Bertz CT molecular complexity index is 287.